The zero-order chi connectivity index (χ0) is 18.4. The van der Waals surface area contributed by atoms with Gasteiger partial charge < -0.3 is 14.2 Å². The Hall–Kier alpha value is -2.20. The highest BCUT2D eigenvalue weighted by atomic mass is 35.5. The molecule has 0 N–H and O–H groups in total. The molecule has 0 aromatic heterocycles. The molecule has 0 heterocycles. The number of hydrogen-bond acceptors (Lipinski definition) is 4. The maximum absolute atomic E-state index is 11.9. The lowest BCUT2D eigenvalue weighted by Gasteiger charge is -2.15. The molecular weight excluding hydrogens is 328 g/mol. The number of hydrogen-bond donors (Lipinski definition) is 0. The standard InChI is InChI=1S/C19H21ClO4/c1-13(2)12-22-19(21)14(3)23-16-8-10-18(11-9-16)24-17-6-4-15(20)5-7-17/h4-11,13-14H,12H2,1-3H3/i8D. The van der Waals surface area contributed by atoms with Crippen molar-refractivity contribution in [2.45, 2.75) is 26.9 Å². The lowest BCUT2D eigenvalue weighted by Crippen LogP contribution is -2.27. The normalized spacial score (nSPS) is 12.5. The Kier molecular flexibility index (Phi) is 5.96. The van der Waals surface area contributed by atoms with Crippen molar-refractivity contribution in [1.29, 1.82) is 0 Å². The third kappa shape index (κ3) is 5.78. The van der Waals surface area contributed by atoms with E-state index in [2.05, 4.69) is 0 Å². The van der Waals surface area contributed by atoms with Crippen LogP contribution in [0.25, 0.3) is 0 Å². The van der Waals surface area contributed by atoms with E-state index in [4.69, 9.17) is 27.2 Å². The summed E-state index contributed by atoms with van der Waals surface area (Å²) < 4.78 is 24.4. The molecule has 5 heteroatoms. The molecule has 0 spiro atoms. The summed E-state index contributed by atoms with van der Waals surface area (Å²) in [5.74, 6) is 1.21. The van der Waals surface area contributed by atoms with Crippen LogP contribution >= 0.6 is 11.6 Å². The molecular formula is C19H21ClO4. The lowest BCUT2D eigenvalue weighted by atomic mass is 10.2. The van der Waals surface area contributed by atoms with Crippen molar-refractivity contribution in [3.8, 4) is 17.2 Å². The van der Waals surface area contributed by atoms with E-state index < -0.39 is 12.1 Å². The van der Waals surface area contributed by atoms with Crippen LogP contribution in [0.1, 0.15) is 22.1 Å². The molecule has 0 radical (unpaired) electrons. The molecule has 0 amide bonds. The van der Waals surface area contributed by atoms with E-state index in [9.17, 15) is 4.79 Å². The summed E-state index contributed by atoms with van der Waals surface area (Å²) in [5.41, 5.74) is 0. The Morgan fingerprint density at radius 2 is 1.62 bits per heavy atom. The summed E-state index contributed by atoms with van der Waals surface area (Å²) in [6.45, 7) is 5.86. The maximum atomic E-state index is 11.9. The molecule has 2 rings (SSSR count). The molecule has 0 saturated heterocycles. The fourth-order valence-corrected chi connectivity index (χ4v) is 1.90. The SMILES string of the molecule is [2H]c1cc(Oc2ccc(Cl)cc2)ccc1OC(C)C(=O)OCC(C)C. The minimum absolute atomic E-state index is 0.120. The van der Waals surface area contributed by atoms with Crippen LogP contribution < -0.4 is 9.47 Å². The van der Waals surface area contributed by atoms with Gasteiger partial charge in [-0.2, -0.15) is 0 Å². The first-order chi connectivity index (χ1) is 11.8. The Balaban J connectivity index is 1.99. The van der Waals surface area contributed by atoms with E-state index in [0.717, 1.165) is 0 Å². The number of ether oxygens (including phenoxy) is 3. The molecule has 4 nitrogen and oxygen atoms in total. The first-order valence-electron chi connectivity index (χ1n) is 8.22. The van der Waals surface area contributed by atoms with Crippen molar-refractivity contribution in [2.24, 2.45) is 5.92 Å². The van der Waals surface area contributed by atoms with Crippen molar-refractivity contribution < 1.29 is 20.4 Å². The second-order valence-corrected chi connectivity index (χ2v) is 6.17. The van der Waals surface area contributed by atoms with Crippen molar-refractivity contribution in [3.63, 3.8) is 0 Å². The van der Waals surface area contributed by atoms with Gasteiger partial charge in [0.05, 0.1) is 7.98 Å². The fraction of sp³-hybridized carbons (Fsp3) is 0.316. The highest BCUT2D eigenvalue weighted by molar-refractivity contribution is 6.30. The van der Waals surface area contributed by atoms with Gasteiger partial charge in [0.2, 0.25) is 0 Å². The van der Waals surface area contributed by atoms with Gasteiger partial charge in [0.25, 0.3) is 0 Å². The van der Waals surface area contributed by atoms with Crippen LogP contribution in [0, 0.1) is 5.92 Å². The number of benzene rings is 2. The van der Waals surface area contributed by atoms with E-state index in [1.807, 2.05) is 13.8 Å². The zero-order valence-corrected chi connectivity index (χ0v) is 14.7. The second kappa shape index (κ2) is 8.60. The minimum Gasteiger partial charge on any atom is -0.479 e. The van der Waals surface area contributed by atoms with Gasteiger partial charge in [-0.15, -0.1) is 0 Å². The second-order valence-electron chi connectivity index (χ2n) is 5.73. The minimum atomic E-state index is -0.786. The van der Waals surface area contributed by atoms with E-state index in [-0.39, 0.29) is 17.7 Å². The first kappa shape index (κ1) is 16.7. The fourth-order valence-electron chi connectivity index (χ4n) is 1.78. The Bertz CT molecular complexity index is 716. The molecule has 2 aromatic carbocycles. The van der Waals surface area contributed by atoms with Gasteiger partial charge in [0.15, 0.2) is 6.10 Å². The van der Waals surface area contributed by atoms with Crippen molar-refractivity contribution in [1.82, 2.24) is 0 Å². The van der Waals surface area contributed by atoms with Gasteiger partial charge in [-0.25, -0.2) is 4.79 Å². The van der Waals surface area contributed by atoms with E-state index in [1.165, 1.54) is 6.07 Å². The molecule has 128 valence electrons. The highest BCUT2D eigenvalue weighted by Gasteiger charge is 2.16. The van der Waals surface area contributed by atoms with Crippen LogP contribution in [0.15, 0.2) is 48.5 Å². The van der Waals surface area contributed by atoms with Gasteiger partial charge in [0, 0.05) is 5.02 Å². The van der Waals surface area contributed by atoms with Crippen LogP contribution in [0.2, 0.25) is 5.02 Å². The summed E-state index contributed by atoms with van der Waals surface area (Å²) in [4.78, 5) is 11.9. The van der Waals surface area contributed by atoms with Crippen molar-refractivity contribution >= 4 is 17.6 Å². The molecule has 24 heavy (non-hydrogen) atoms. The molecule has 0 fully saturated rings. The predicted molar refractivity (Wildman–Crippen MR) is 93.9 cm³/mol. The van der Waals surface area contributed by atoms with E-state index in [1.54, 1.807) is 43.3 Å². The Morgan fingerprint density at radius 3 is 2.25 bits per heavy atom. The van der Waals surface area contributed by atoms with Crippen LogP contribution in [0.5, 0.6) is 17.2 Å². The van der Waals surface area contributed by atoms with Crippen LogP contribution in [0.3, 0.4) is 0 Å². The van der Waals surface area contributed by atoms with Crippen molar-refractivity contribution in [2.75, 3.05) is 6.61 Å². The Morgan fingerprint density at radius 1 is 1.04 bits per heavy atom. The molecule has 0 aliphatic carbocycles. The molecule has 1 atom stereocenters. The van der Waals surface area contributed by atoms with Gasteiger partial charge >= 0.3 is 5.97 Å². The topological polar surface area (TPSA) is 44.8 Å². The monoisotopic (exact) mass is 349 g/mol. The quantitative estimate of drug-likeness (QED) is 0.652. The predicted octanol–water partition coefficient (Wildman–Crippen LogP) is 5.10. The zero-order valence-electron chi connectivity index (χ0n) is 14.9. The first-order valence-corrected chi connectivity index (χ1v) is 8.10. The molecule has 0 bridgehead atoms. The van der Waals surface area contributed by atoms with Gasteiger partial charge in [0.1, 0.15) is 17.2 Å². The van der Waals surface area contributed by atoms with E-state index >= 15 is 0 Å². The molecule has 1 unspecified atom stereocenters. The van der Waals surface area contributed by atoms with Gasteiger partial charge in [-0.1, -0.05) is 25.4 Å². The van der Waals surface area contributed by atoms with Gasteiger partial charge in [-0.05, 0) is 61.3 Å². The summed E-state index contributed by atoms with van der Waals surface area (Å²) in [6, 6.07) is 11.8. The van der Waals surface area contributed by atoms with Crippen LogP contribution in [-0.4, -0.2) is 18.7 Å². The summed E-state index contributed by atoms with van der Waals surface area (Å²) in [5, 5.41) is 0.621. The Labute approximate surface area is 148 Å². The van der Waals surface area contributed by atoms with E-state index in [0.29, 0.717) is 23.1 Å². The average Bonchev–Trinajstić information content (AvgIpc) is 2.57. The van der Waals surface area contributed by atoms with Crippen LogP contribution in [-0.2, 0) is 9.53 Å². The number of halogens is 1. The largest absolute Gasteiger partial charge is 0.479 e. The average molecular weight is 350 g/mol. The highest BCUT2D eigenvalue weighted by Crippen LogP contribution is 2.25. The summed E-state index contributed by atoms with van der Waals surface area (Å²) in [7, 11) is 0. The molecule has 0 aliphatic rings. The third-order valence-electron chi connectivity index (χ3n) is 3.00. The van der Waals surface area contributed by atoms with Gasteiger partial charge in [-0.3, -0.25) is 0 Å². The third-order valence-corrected chi connectivity index (χ3v) is 3.25. The van der Waals surface area contributed by atoms with Crippen LogP contribution in [0.4, 0.5) is 0 Å². The number of carbonyl (C=O) groups is 1. The summed E-state index contributed by atoms with van der Waals surface area (Å²) >= 11 is 5.83. The maximum Gasteiger partial charge on any atom is 0.347 e. The summed E-state index contributed by atoms with van der Waals surface area (Å²) in [6.07, 6.45) is -0.786. The molecule has 0 saturated carbocycles. The number of rotatable bonds is 7. The lowest BCUT2D eigenvalue weighted by molar-refractivity contribution is -0.152. The number of esters is 1. The molecule has 2 aromatic rings. The smallest absolute Gasteiger partial charge is 0.347 e. The van der Waals surface area contributed by atoms with Crippen molar-refractivity contribution in [3.05, 3.63) is 53.5 Å². The molecule has 0 aliphatic heterocycles. The number of carbonyl (C=O) groups excluding carboxylic acids is 1.